The molecule has 0 aromatic rings. The Morgan fingerprint density at radius 1 is 1.38 bits per heavy atom. The Morgan fingerprint density at radius 3 is 2.50 bits per heavy atom. The van der Waals surface area contributed by atoms with Crippen molar-refractivity contribution in [1.82, 2.24) is 4.90 Å². The Labute approximate surface area is 98.9 Å². The summed E-state index contributed by atoms with van der Waals surface area (Å²) in [5.74, 6) is 1.07. The van der Waals surface area contributed by atoms with E-state index in [9.17, 15) is 5.26 Å². The van der Waals surface area contributed by atoms with Crippen LogP contribution in [0.5, 0.6) is 0 Å². The van der Waals surface area contributed by atoms with E-state index in [4.69, 9.17) is 0 Å². The highest BCUT2D eigenvalue weighted by molar-refractivity contribution is 5.45. The lowest BCUT2D eigenvalue weighted by Crippen LogP contribution is -2.48. The zero-order valence-corrected chi connectivity index (χ0v) is 10.9. The zero-order valence-electron chi connectivity index (χ0n) is 10.9. The van der Waals surface area contributed by atoms with E-state index in [2.05, 4.69) is 38.7 Å². The van der Waals surface area contributed by atoms with E-state index in [1.54, 1.807) is 0 Å². The summed E-state index contributed by atoms with van der Waals surface area (Å²) in [6, 6.07) is 2.66. The number of hydrogen-bond acceptors (Lipinski definition) is 2. The number of nitriles is 1. The second kappa shape index (κ2) is 3.80. The van der Waals surface area contributed by atoms with Crippen molar-refractivity contribution in [3.63, 3.8) is 0 Å². The predicted octanol–water partition coefficient (Wildman–Crippen LogP) is 3.17. The van der Waals surface area contributed by atoms with Crippen LogP contribution in [0.4, 0.5) is 0 Å². The van der Waals surface area contributed by atoms with E-state index < -0.39 is 0 Å². The maximum atomic E-state index is 9.63. The van der Waals surface area contributed by atoms with Crippen molar-refractivity contribution < 1.29 is 0 Å². The molecule has 0 aromatic heterocycles. The first-order valence-corrected chi connectivity index (χ1v) is 6.50. The molecule has 2 rings (SSSR count). The highest BCUT2D eigenvalue weighted by atomic mass is 15.2. The monoisotopic (exact) mass is 218 g/mol. The minimum atomic E-state index is -0.143. The number of fused-ring (bicyclic) bond motifs is 1. The third kappa shape index (κ3) is 1.12. The summed E-state index contributed by atoms with van der Waals surface area (Å²) in [4.78, 5) is 2.39. The Morgan fingerprint density at radius 2 is 2.00 bits per heavy atom. The highest BCUT2D eigenvalue weighted by Gasteiger charge is 2.60. The summed E-state index contributed by atoms with van der Waals surface area (Å²) in [6.07, 6.45) is 2.42. The lowest BCUT2D eigenvalue weighted by molar-refractivity contribution is 0.163. The lowest BCUT2D eigenvalue weighted by Gasteiger charge is -2.50. The molecule has 0 radical (unpaired) electrons. The van der Waals surface area contributed by atoms with Crippen LogP contribution in [0.1, 0.15) is 40.5 Å². The SMILES string of the molecule is CCN(CC)C1=C(C)[C@H]2CC[C@@H](C)[C@@]12C#N. The molecule has 16 heavy (non-hydrogen) atoms. The number of rotatable bonds is 3. The van der Waals surface area contributed by atoms with Gasteiger partial charge in [-0.2, -0.15) is 5.26 Å². The van der Waals surface area contributed by atoms with Crippen molar-refractivity contribution in [2.75, 3.05) is 13.1 Å². The molecule has 0 bridgehead atoms. The van der Waals surface area contributed by atoms with Crippen LogP contribution in [0, 0.1) is 28.6 Å². The van der Waals surface area contributed by atoms with Crippen LogP contribution < -0.4 is 0 Å². The van der Waals surface area contributed by atoms with Gasteiger partial charge in [-0.25, -0.2) is 0 Å². The van der Waals surface area contributed by atoms with Gasteiger partial charge < -0.3 is 4.90 Å². The molecule has 0 aromatic carbocycles. The van der Waals surface area contributed by atoms with Crippen molar-refractivity contribution in [3.05, 3.63) is 11.3 Å². The summed E-state index contributed by atoms with van der Waals surface area (Å²) in [5.41, 5.74) is 2.69. The summed E-state index contributed by atoms with van der Waals surface area (Å²) in [6.45, 7) is 10.9. The predicted molar refractivity (Wildman–Crippen MR) is 65.6 cm³/mol. The minimum Gasteiger partial charge on any atom is -0.374 e. The summed E-state index contributed by atoms with van der Waals surface area (Å²) in [5, 5.41) is 9.63. The summed E-state index contributed by atoms with van der Waals surface area (Å²) in [7, 11) is 0. The van der Waals surface area contributed by atoms with E-state index in [0.29, 0.717) is 11.8 Å². The van der Waals surface area contributed by atoms with Gasteiger partial charge in [-0.1, -0.05) is 6.92 Å². The van der Waals surface area contributed by atoms with E-state index in [0.717, 1.165) is 13.1 Å². The molecule has 0 amide bonds. The molecule has 1 fully saturated rings. The molecule has 1 saturated carbocycles. The normalized spacial score (nSPS) is 36.7. The average molecular weight is 218 g/mol. The lowest BCUT2D eigenvalue weighted by atomic mass is 9.58. The van der Waals surface area contributed by atoms with Gasteiger partial charge in [-0.05, 0) is 45.1 Å². The standard InChI is InChI=1S/C14H22N2/c1-5-16(6-2)13-11(4)12-8-7-10(3)14(12,13)9-15/h10,12H,5-8H2,1-4H3/t10-,12-,14-/m1/s1. The fourth-order valence-electron chi connectivity index (χ4n) is 3.88. The molecule has 0 spiro atoms. The topological polar surface area (TPSA) is 27.0 Å². The smallest absolute Gasteiger partial charge is 0.106 e. The maximum Gasteiger partial charge on any atom is 0.106 e. The van der Waals surface area contributed by atoms with Crippen molar-refractivity contribution >= 4 is 0 Å². The van der Waals surface area contributed by atoms with Crippen LogP contribution in [0.15, 0.2) is 11.3 Å². The minimum absolute atomic E-state index is 0.143. The molecule has 2 heteroatoms. The van der Waals surface area contributed by atoms with Crippen molar-refractivity contribution in [3.8, 4) is 6.07 Å². The van der Waals surface area contributed by atoms with Crippen molar-refractivity contribution in [1.29, 1.82) is 5.26 Å². The maximum absolute atomic E-state index is 9.63. The molecule has 2 aliphatic carbocycles. The van der Waals surface area contributed by atoms with Gasteiger partial charge >= 0.3 is 0 Å². The highest BCUT2D eigenvalue weighted by Crippen LogP contribution is 2.63. The molecular formula is C14H22N2. The molecule has 0 aliphatic heterocycles. The van der Waals surface area contributed by atoms with Crippen LogP contribution >= 0.6 is 0 Å². The van der Waals surface area contributed by atoms with Crippen molar-refractivity contribution in [2.24, 2.45) is 17.3 Å². The molecule has 0 N–H and O–H groups in total. The molecular weight excluding hydrogens is 196 g/mol. The van der Waals surface area contributed by atoms with E-state index in [1.165, 1.54) is 24.1 Å². The van der Waals surface area contributed by atoms with Gasteiger partial charge in [0.25, 0.3) is 0 Å². The van der Waals surface area contributed by atoms with Crippen LogP contribution in [0.3, 0.4) is 0 Å². The van der Waals surface area contributed by atoms with Crippen LogP contribution in [-0.2, 0) is 0 Å². The summed E-state index contributed by atoms with van der Waals surface area (Å²) < 4.78 is 0. The van der Waals surface area contributed by atoms with Crippen LogP contribution in [0.25, 0.3) is 0 Å². The van der Waals surface area contributed by atoms with Gasteiger partial charge in [-0.3, -0.25) is 0 Å². The summed E-state index contributed by atoms with van der Waals surface area (Å²) >= 11 is 0. The molecule has 0 unspecified atom stereocenters. The fourth-order valence-corrected chi connectivity index (χ4v) is 3.88. The van der Waals surface area contributed by atoms with Gasteiger partial charge in [0.05, 0.1) is 6.07 Å². The Bertz CT molecular complexity index is 359. The molecule has 88 valence electrons. The van der Waals surface area contributed by atoms with E-state index in [1.807, 2.05) is 0 Å². The average Bonchev–Trinajstić information content (AvgIpc) is 2.59. The fraction of sp³-hybridized carbons (Fsp3) is 0.786. The number of nitrogens with zero attached hydrogens (tertiary/aromatic N) is 2. The Balaban J connectivity index is 2.42. The van der Waals surface area contributed by atoms with Gasteiger partial charge in [0, 0.05) is 24.7 Å². The zero-order chi connectivity index (χ0) is 11.9. The van der Waals surface area contributed by atoms with E-state index in [-0.39, 0.29) is 5.41 Å². The largest absolute Gasteiger partial charge is 0.374 e. The molecule has 0 saturated heterocycles. The third-order valence-corrected chi connectivity index (χ3v) is 4.77. The van der Waals surface area contributed by atoms with Gasteiger partial charge in [0.1, 0.15) is 5.41 Å². The number of hydrogen-bond donors (Lipinski definition) is 0. The molecule has 0 heterocycles. The Kier molecular flexibility index (Phi) is 2.74. The first-order chi connectivity index (χ1) is 7.63. The van der Waals surface area contributed by atoms with Gasteiger partial charge in [-0.15, -0.1) is 0 Å². The van der Waals surface area contributed by atoms with Gasteiger partial charge in [0.15, 0.2) is 0 Å². The molecule has 3 atom stereocenters. The molecule has 2 nitrogen and oxygen atoms in total. The quantitative estimate of drug-likeness (QED) is 0.727. The van der Waals surface area contributed by atoms with Crippen molar-refractivity contribution in [2.45, 2.75) is 40.5 Å². The molecule has 2 aliphatic rings. The second-order valence-corrected chi connectivity index (χ2v) is 5.22. The second-order valence-electron chi connectivity index (χ2n) is 5.22. The number of allylic oxidation sites excluding steroid dienone is 2. The van der Waals surface area contributed by atoms with E-state index >= 15 is 0 Å². The first-order valence-electron chi connectivity index (χ1n) is 6.50. The van der Waals surface area contributed by atoms with Gasteiger partial charge in [0.2, 0.25) is 0 Å². The third-order valence-electron chi connectivity index (χ3n) is 4.77. The Hall–Kier alpha value is -0.970. The first kappa shape index (κ1) is 11.5. The van der Waals surface area contributed by atoms with Crippen LogP contribution in [-0.4, -0.2) is 18.0 Å². The van der Waals surface area contributed by atoms with Crippen LogP contribution in [0.2, 0.25) is 0 Å².